The maximum Gasteiger partial charge on any atom is 0.451 e. The monoisotopic (exact) mass is 679 g/mol. The molecule has 0 saturated carbocycles. The Morgan fingerprint density at radius 2 is 1.74 bits per heavy atom. The topological polar surface area (TPSA) is 135 Å². The summed E-state index contributed by atoms with van der Waals surface area (Å²) < 4.78 is 44.0. The van der Waals surface area contributed by atoms with E-state index < -0.39 is 23.9 Å². The molecule has 10 nitrogen and oxygen atoms in total. The lowest BCUT2D eigenvalue weighted by Gasteiger charge is -2.34. The molecule has 4 N–H and O–H groups in total. The van der Waals surface area contributed by atoms with Gasteiger partial charge in [0.2, 0.25) is 11.7 Å². The van der Waals surface area contributed by atoms with Gasteiger partial charge in [-0.2, -0.15) is 13.2 Å². The van der Waals surface area contributed by atoms with E-state index in [1.807, 2.05) is 4.90 Å². The molecule has 3 unspecified atom stereocenters. The number of aromatic nitrogens is 3. The minimum atomic E-state index is -4.64. The third-order valence-corrected chi connectivity index (χ3v) is 8.43. The van der Waals surface area contributed by atoms with Gasteiger partial charge in [-0.05, 0) is 43.0 Å². The molecule has 1 aliphatic heterocycles. The number of fused-ring (bicyclic) bond motifs is 1. The molecular weight excluding hydrogens is 635 g/mol. The Kier molecular flexibility index (Phi) is 14.6. The number of hydrogen-bond acceptors (Lipinski definition) is 8. The van der Waals surface area contributed by atoms with Gasteiger partial charge in [0.15, 0.2) is 0 Å². The fraction of sp³-hybridized carbons (Fsp3) is 0.545. The number of pyridine rings is 1. The Balaban J connectivity index is 0.000000363. The van der Waals surface area contributed by atoms with E-state index in [1.165, 1.54) is 19.3 Å². The third kappa shape index (κ3) is 11.3. The number of benzene rings is 1. The molecule has 2 amide bonds. The highest BCUT2D eigenvalue weighted by molar-refractivity contribution is 6.35. The number of ether oxygens (including phenoxy) is 1. The zero-order valence-corrected chi connectivity index (χ0v) is 28.1. The van der Waals surface area contributed by atoms with E-state index in [4.69, 9.17) is 22.1 Å². The van der Waals surface area contributed by atoms with Crippen molar-refractivity contribution in [1.29, 1.82) is 0 Å². The Morgan fingerprint density at radius 3 is 2.32 bits per heavy atom. The van der Waals surface area contributed by atoms with Gasteiger partial charge in [0.05, 0.1) is 35.4 Å². The first-order valence-electron chi connectivity index (χ1n) is 16.0. The third-order valence-electron chi connectivity index (χ3n) is 8.11. The number of carbonyl (C=O) groups is 2. The van der Waals surface area contributed by atoms with E-state index in [9.17, 15) is 22.8 Å². The average molecular weight is 680 g/mol. The van der Waals surface area contributed by atoms with Gasteiger partial charge < -0.3 is 21.1 Å². The van der Waals surface area contributed by atoms with Crippen LogP contribution in [0.15, 0.2) is 36.7 Å². The van der Waals surface area contributed by atoms with E-state index in [0.29, 0.717) is 54.6 Å². The quantitative estimate of drug-likeness (QED) is 0.206. The van der Waals surface area contributed by atoms with Crippen molar-refractivity contribution in [1.82, 2.24) is 30.5 Å². The van der Waals surface area contributed by atoms with Crippen molar-refractivity contribution in [3.05, 3.63) is 58.6 Å². The molecule has 3 atom stereocenters. The molecule has 0 bridgehead atoms. The van der Waals surface area contributed by atoms with Gasteiger partial charge in [-0.1, -0.05) is 51.6 Å². The van der Waals surface area contributed by atoms with Crippen LogP contribution in [-0.4, -0.2) is 70.6 Å². The zero-order chi connectivity index (χ0) is 34.6. The van der Waals surface area contributed by atoms with Gasteiger partial charge in [-0.25, -0.2) is 15.0 Å². The average Bonchev–Trinajstić information content (AvgIpc) is 3.04. The van der Waals surface area contributed by atoms with Crippen molar-refractivity contribution in [2.45, 2.75) is 78.1 Å². The Labute approximate surface area is 279 Å². The van der Waals surface area contributed by atoms with Crippen molar-refractivity contribution in [2.75, 3.05) is 38.6 Å². The molecule has 2 aromatic heterocycles. The molecule has 0 aliphatic carbocycles. The Bertz CT molecular complexity index is 1450. The first-order chi connectivity index (χ1) is 22.4. The number of nitrogen functional groups attached to an aromatic ring is 1. The lowest BCUT2D eigenvalue weighted by molar-refractivity contribution is -0.145. The van der Waals surface area contributed by atoms with Crippen molar-refractivity contribution in [2.24, 2.45) is 5.92 Å². The molecule has 14 heteroatoms. The van der Waals surface area contributed by atoms with Crippen molar-refractivity contribution in [3.8, 4) is 0 Å². The summed E-state index contributed by atoms with van der Waals surface area (Å²) in [4.78, 5) is 37.2. The van der Waals surface area contributed by atoms with Crippen LogP contribution < -0.4 is 16.4 Å². The Hall–Kier alpha value is -3.55. The first-order valence-corrected chi connectivity index (χ1v) is 16.4. The molecule has 258 valence electrons. The molecule has 0 spiro atoms. The van der Waals surface area contributed by atoms with Crippen LogP contribution >= 0.6 is 11.6 Å². The summed E-state index contributed by atoms with van der Waals surface area (Å²) in [6.07, 6.45) is 3.58. The standard InChI is InChI=1S/C21H20ClF3N6O2.C12H25NO/c22-14-2-3-15-13(1-4-17(26)30-15)18(14)19(32)27-11-16(31-5-7-33-8-6-31)12-9-28-20(29-10-12)21(23,24)25;1-5-8-11(6-2)9-12(7-3)13-10(4)14/h1-4,9-10,16H,5-8,11H2,(H2,26,30)(H,27,32);11-12H,5-9H2,1-4H3,(H,13,14). The van der Waals surface area contributed by atoms with Gasteiger partial charge in [0.1, 0.15) is 5.82 Å². The summed E-state index contributed by atoms with van der Waals surface area (Å²) in [5.41, 5.74) is 6.94. The molecule has 1 aliphatic rings. The predicted octanol–water partition coefficient (Wildman–Crippen LogP) is 6.20. The van der Waals surface area contributed by atoms with Crippen LogP contribution in [0.1, 0.15) is 87.6 Å². The lowest BCUT2D eigenvalue weighted by atomic mass is 9.92. The maximum absolute atomic E-state index is 13.1. The van der Waals surface area contributed by atoms with Crippen molar-refractivity contribution < 1.29 is 27.5 Å². The summed E-state index contributed by atoms with van der Waals surface area (Å²) >= 11 is 6.31. The smallest absolute Gasteiger partial charge is 0.384 e. The van der Waals surface area contributed by atoms with Crippen LogP contribution in [-0.2, 0) is 15.7 Å². The highest BCUT2D eigenvalue weighted by atomic mass is 35.5. The number of nitrogens with one attached hydrogen (secondary N) is 2. The lowest BCUT2D eigenvalue weighted by Crippen LogP contribution is -2.44. The normalized spacial score (nSPS) is 15.7. The van der Waals surface area contributed by atoms with E-state index in [2.05, 4.69) is 46.4 Å². The fourth-order valence-corrected chi connectivity index (χ4v) is 5.87. The van der Waals surface area contributed by atoms with Crippen LogP contribution in [0.3, 0.4) is 0 Å². The maximum atomic E-state index is 13.1. The van der Waals surface area contributed by atoms with Crippen LogP contribution in [0.2, 0.25) is 5.02 Å². The van der Waals surface area contributed by atoms with E-state index in [1.54, 1.807) is 31.2 Å². The zero-order valence-electron chi connectivity index (χ0n) is 27.4. The fourth-order valence-electron chi connectivity index (χ4n) is 5.62. The molecular formula is C33H45ClF3N7O3. The van der Waals surface area contributed by atoms with Crippen LogP contribution in [0, 0.1) is 5.92 Å². The van der Waals surface area contributed by atoms with Gasteiger partial charge in [-0.3, -0.25) is 14.5 Å². The summed E-state index contributed by atoms with van der Waals surface area (Å²) in [6, 6.07) is 6.40. The second-order valence-electron chi connectivity index (χ2n) is 11.5. The van der Waals surface area contributed by atoms with Gasteiger partial charge in [0, 0.05) is 55.9 Å². The molecule has 3 aromatic rings. The summed E-state index contributed by atoms with van der Waals surface area (Å²) in [7, 11) is 0. The van der Waals surface area contributed by atoms with Crippen molar-refractivity contribution >= 4 is 40.1 Å². The SMILES string of the molecule is CCCC(CC)CC(CC)NC(C)=O.Nc1ccc2c(C(=O)NCC(c3cnc(C(F)(F)F)nc3)N3CCOCC3)c(Cl)ccc2n1. The Morgan fingerprint density at radius 1 is 1.06 bits per heavy atom. The number of rotatable bonds is 12. The first kappa shape index (κ1) is 37.9. The van der Waals surface area contributed by atoms with Crippen molar-refractivity contribution in [3.63, 3.8) is 0 Å². The molecule has 0 radical (unpaired) electrons. The summed E-state index contributed by atoms with van der Waals surface area (Å²) in [5, 5.41) is 6.64. The molecule has 47 heavy (non-hydrogen) atoms. The van der Waals surface area contributed by atoms with Crippen LogP contribution in [0.25, 0.3) is 10.9 Å². The van der Waals surface area contributed by atoms with E-state index >= 15 is 0 Å². The number of carbonyl (C=O) groups excluding carboxylic acids is 2. The van der Waals surface area contributed by atoms with E-state index in [-0.39, 0.29) is 23.0 Å². The molecule has 1 saturated heterocycles. The second kappa shape index (κ2) is 18.1. The van der Waals surface area contributed by atoms with E-state index in [0.717, 1.165) is 31.2 Å². The van der Waals surface area contributed by atoms with Gasteiger partial charge >= 0.3 is 6.18 Å². The predicted molar refractivity (Wildman–Crippen MR) is 177 cm³/mol. The number of amides is 2. The number of nitrogens with two attached hydrogens (primary N) is 1. The second-order valence-corrected chi connectivity index (χ2v) is 11.9. The van der Waals surface area contributed by atoms with Crippen LogP contribution in [0.4, 0.5) is 19.0 Å². The highest BCUT2D eigenvalue weighted by Gasteiger charge is 2.35. The summed E-state index contributed by atoms with van der Waals surface area (Å²) in [5.74, 6) is -0.473. The number of hydrogen-bond donors (Lipinski definition) is 3. The molecule has 3 heterocycles. The number of halogens is 4. The molecule has 1 aromatic carbocycles. The number of nitrogens with zero attached hydrogens (tertiary/aromatic N) is 4. The molecule has 1 fully saturated rings. The highest BCUT2D eigenvalue weighted by Crippen LogP contribution is 2.29. The number of morpholine rings is 1. The minimum absolute atomic E-state index is 0.0999. The largest absolute Gasteiger partial charge is 0.451 e. The van der Waals surface area contributed by atoms with Gasteiger partial charge in [0.25, 0.3) is 5.91 Å². The number of anilines is 1. The minimum Gasteiger partial charge on any atom is -0.384 e. The summed E-state index contributed by atoms with van der Waals surface area (Å²) in [6.45, 7) is 10.3. The van der Waals surface area contributed by atoms with Crippen LogP contribution in [0.5, 0.6) is 0 Å². The molecule has 4 rings (SSSR count). The van der Waals surface area contributed by atoms with Gasteiger partial charge in [-0.15, -0.1) is 0 Å². The number of alkyl halides is 3.